The molecular weight excluding hydrogens is 291 g/mol. The molecule has 1 aromatic rings. The van der Waals surface area contributed by atoms with Crippen LogP contribution >= 0.6 is 23.2 Å². The number of urea groups is 1. The van der Waals surface area contributed by atoms with Crippen LogP contribution in [-0.4, -0.2) is 23.1 Å². The van der Waals surface area contributed by atoms with Gasteiger partial charge in [0, 0.05) is 0 Å². The van der Waals surface area contributed by atoms with Crippen molar-refractivity contribution < 1.29 is 14.7 Å². The van der Waals surface area contributed by atoms with Crippen molar-refractivity contribution in [3.8, 4) is 0 Å². The summed E-state index contributed by atoms with van der Waals surface area (Å²) in [5.74, 6) is -1.07. The molecule has 7 heteroatoms. The number of rotatable bonds is 5. The number of carbonyl (C=O) groups excluding carboxylic acids is 1. The number of amides is 2. The SMILES string of the molecule is CCC[C@H](NC(=O)Nc1cccc(Cl)c1Cl)C(=O)O. The lowest BCUT2D eigenvalue weighted by Crippen LogP contribution is -2.42. The lowest BCUT2D eigenvalue weighted by atomic mass is 10.2. The Kier molecular flexibility index (Phi) is 5.92. The molecule has 0 unspecified atom stereocenters. The Balaban J connectivity index is 2.69. The van der Waals surface area contributed by atoms with Gasteiger partial charge in [-0.25, -0.2) is 9.59 Å². The van der Waals surface area contributed by atoms with Gasteiger partial charge in [-0.15, -0.1) is 0 Å². The highest BCUT2D eigenvalue weighted by atomic mass is 35.5. The van der Waals surface area contributed by atoms with Crippen molar-refractivity contribution >= 4 is 40.9 Å². The highest BCUT2D eigenvalue weighted by Crippen LogP contribution is 2.29. The Morgan fingerprint density at radius 3 is 2.63 bits per heavy atom. The van der Waals surface area contributed by atoms with Gasteiger partial charge in [-0.05, 0) is 18.6 Å². The Morgan fingerprint density at radius 1 is 1.37 bits per heavy atom. The summed E-state index contributed by atoms with van der Waals surface area (Å²) < 4.78 is 0. The first kappa shape index (κ1) is 15.6. The molecule has 0 spiro atoms. The number of nitrogens with one attached hydrogen (secondary N) is 2. The van der Waals surface area contributed by atoms with Crippen molar-refractivity contribution in [3.05, 3.63) is 28.2 Å². The van der Waals surface area contributed by atoms with E-state index in [4.69, 9.17) is 28.3 Å². The van der Waals surface area contributed by atoms with Crippen molar-refractivity contribution in [2.45, 2.75) is 25.8 Å². The van der Waals surface area contributed by atoms with Crippen molar-refractivity contribution in [3.63, 3.8) is 0 Å². The van der Waals surface area contributed by atoms with E-state index in [1.165, 1.54) is 0 Å². The maximum atomic E-state index is 11.7. The molecule has 1 aromatic carbocycles. The number of carbonyl (C=O) groups is 2. The second-order valence-corrected chi connectivity index (χ2v) is 4.66. The van der Waals surface area contributed by atoms with E-state index in [0.29, 0.717) is 23.6 Å². The minimum absolute atomic E-state index is 0.210. The molecule has 1 rings (SSSR count). The highest BCUT2D eigenvalue weighted by molar-refractivity contribution is 6.43. The van der Waals surface area contributed by atoms with Gasteiger partial charge >= 0.3 is 12.0 Å². The molecule has 3 N–H and O–H groups in total. The monoisotopic (exact) mass is 304 g/mol. The van der Waals surface area contributed by atoms with E-state index in [1.54, 1.807) is 18.2 Å². The van der Waals surface area contributed by atoms with Crippen LogP contribution in [0.5, 0.6) is 0 Å². The number of aliphatic carboxylic acids is 1. The molecule has 1 atom stereocenters. The van der Waals surface area contributed by atoms with Gasteiger partial charge in [-0.3, -0.25) is 0 Å². The summed E-state index contributed by atoms with van der Waals surface area (Å²) in [7, 11) is 0. The van der Waals surface area contributed by atoms with Gasteiger partial charge in [-0.1, -0.05) is 42.6 Å². The number of hydrogen-bond donors (Lipinski definition) is 3. The largest absolute Gasteiger partial charge is 0.480 e. The topological polar surface area (TPSA) is 78.4 Å². The Bertz CT molecular complexity index is 480. The van der Waals surface area contributed by atoms with Crippen LogP contribution in [0, 0.1) is 0 Å². The first-order chi connectivity index (χ1) is 8.95. The summed E-state index contributed by atoms with van der Waals surface area (Å²) in [5, 5.41) is 14.3. The van der Waals surface area contributed by atoms with E-state index in [9.17, 15) is 9.59 Å². The number of anilines is 1. The number of hydrogen-bond acceptors (Lipinski definition) is 2. The summed E-state index contributed by atoms with van der Waals surface area (Å²) in [5.41, 5.74) is 0.326. The van der Waals surface area contributed by atoms with Gasteiger partial charge in [0.15, 0.2) is 0 Å². The predicted octanol–water partition coefficient (Wildman–Crippen LogP) is 3.37. The van der Waals surface area contributed by atoms with E-state index in [2.05, 4.69) is 10.6 Å². The third-order valence-corrected chi connectivity index (χ3v) is 3.20. The molecule has 2 amide bonds. The Labute approximate surface area is 120 Å². The van der Waals surface area contributed by atoms with Crippen molar-refractivity contribution in [2.24, 2.45) is 0 Å². The van der Waals surface area contributed by atoms with Crippen LogP contribution in [0.2, 0.25) is 10.0 Å². The maximum absolute atomic E-state index is 11.7. The summed E-state index contributed by atoms with van der Waals surface area (Å²) in [4.78, 5) is 22.6. The van der Waals surface area contributed by atoms with E-state index < -0.39 is 18.0 Å². The lowest BCUT2D eigenvalue weighted by Gasteiger charge is -2.15. The van der Waals surface area contributed by atoms with Crippen LogP contribution in [-0.2, 0) is 4.79 Å². The molecule has 0 radical (unpaired) electrons. The summed E-state index contributed by atoms with van der Waals surface area (Å²) in [6.45, 7) is 1.84. The van der Waals surface area contributed by atoms with Gasteiger partial charge in [0.05, 0.1) is 15.7 Å². The summed E-state index contributed by atoms with van der Waals surface area (Å²) >= 11 is 11.7. The molecule has 104 valence electrons. The van der Waals surface area contributed by atoms with Crippen LogP contribution < -0.4 is 10.6 Å². The Morgan fingerprint density at radius 2 is 2.05 bits per heavy atom. The number of carboxylic acid groups (broad SMARTS) is 1. The van der Waals surface area contributed by atoms with Crippen molar-refractivity contribution in [1.82, 2.24) is 5.32 Å². The molecule has 19 heavy (non-hydrogen) atoms. The highest BCUT2D eigenvalue weighted by Gasteiger charge is 2.19. The van der Waals surface area contributed by atoms with Gasteiger partial charge in [0.1, 0.15) is 6.04 Å². The second kappa shape index (κ2) is 7.21. The van der Waals surface area contributed by atoms with Gasteiger partial charge < -0.3 is 15.7 Å². The third kappa shape index (κ3) is 4.61. The van der Waals surface area contributed by atoms with E-state index in [1.807, 2.05) is 6.92 Å². The van der Waals surface area contributed by atoms with E-state index >= 15 is 0 Å². The Hall–Kier alpha value is -1.46. The molecule has 0 aromatic heterocycles. The first-order valence-corrected chi connectivity index (χ1v) is 6.45. The maximum Gasteiger partial charge on any atom is 0.326 e. The molecule has 0 fully saturated rings. The minimum Gasteiger partial charge on any atom is -0.480 e. The molecule has 0 aliphatic rings. The van der Waals surface area contributed by atoms with Crippen LogP contribution in [0.3, 0.4) is 0 Å². The normalized spacial score (nSPS) is 11.7. The molecule has 0 saturated heterocycles. The number of benzene rings is 1. The fourth-order valence-corrected chi connectivity index (χ4v) is 1.81. The third-order valence-electron chi connectivity index (χ3n) is 2.38. The van der Waals surface area contributed by atoms with Gasteiger partial charge in [0.25, 0.3) is 0 Å². The summed E-state index contributed by atoms with van der Waals surface area (Å²) in [6.07, 6.45) is 1.00. The average Bonchev–Trinajstić information content (AvgIpc) is 2.34. The number of carboxylic acids is 1. The molecule has 0 aliphatic heterocycles. The van der Waals surface area contributed by atoms with E-state index in [-0.39, 0.29) is 5.02 Å². The predicted molar refractivity (Wildman–Crippen MR) is 74.9 cm³/mol. The quantitative estimate of drug-likeness (QED) is 0.780. The number of halogens is 2. The average molecular weight is 305 g/mol. The van der Waals surface area contributed by atoms with Crippen LogP contribution in [0.4, 0.5) is 10.5 Å². The zero-order chi connectivity index (χ0) is 14.4. The second-order valence-electron chi connectivity index (χ2n) is 3.88. The smallest absolute Gasteiger partial charge is 0.326 e. The minimum atomic E-state index is -1.07. The molecular formula is C12H14Cl2N2O3. The molecule has 0 heterocycles. The van der Waals surface area contributed by atoms with Crippen molar-refractivity contribution in [2.75, 3.05) is 5.32 Å². The molecule has 0 saturated carbocycles. The fourth-order valence-electron chi connectivity index (χ4n) is 1.46. The van der Waals surface area contributed by atoms with Gasteiger partial charge in [-0.2, -0.15) is 0 Å². The molecule has 0 aliphatic carbocycles. The molecule has 5 nitrogen and oxygen atoms in total. The fraction of sp³-hybridized carbons (Fsp3) is 0.333. The van der Waals surface area contributed by atoms with Gasteiger partial charge in [0.2, 0.25) is 0 Å². The van der Waals surface area contributed by atoms with E-state index in [0.717, 1.165) is 0 Å². The zero-order valence-electron chi connectivity index (χ0n) is 10.2. The standard InChI is InChI=1S/C12H14Cl2N2O3/c1-2-4-9(11(17)18)16-12(19)15-8-6-3-5-7(13)10(8)14/h3,5-6,9H,2,4H2,1H3,(H,17,18)(H2,15,16,19)/t9-/m0/s1. The van der Waals surface area contributed by atoms with Crippen molar-refractivity contribution in [1.29, 1.82) is 0 Å². The van der Waals surface area contributed by atoms with Crippen LogP contribution in [0.1, 0.15) is 19.8 Å². The lowest BCUT2D eigenvalue weighted by molar-refractivity contribution is -0.139. The zero-order valence-corrected chi connectivity index (χ0v) is 11.8. The van der Waals surface area contributed by atoms with Crippen LogP contribution in [0.25, 0.3) is 0 Å². The molecule has 0 bridgehead atoms. The first-order valence-electron chi connectivity index (χ1n) is 5.70. The summed E-state index contributed by atoms with van der Waals surface area (Å²) in [6, 6.07) is 3.23. The van der Waals surface area contributed by atoms with Crippen LogP contribution in [0.15, 0.2) is 18.2 Å².